The van der Waals surface area contributed by atoms with Gasteiger partial charge in [0, 0.05) is 12.1 Å². The van der Waals surface area contributed by atoms with Gasteiger partial charge in [-0.1, -0.05) is 67.5 Å². The molecule has 2 amide bonds. The highest BCUT2D eigenvalue weighted by molar-refractivity contribution is 5.97. The van der Waals surface area contributed by atoms with E-state index < -0.39 is 0 Å². The summed E-state index contributed by atoms with van der Waals surface area (Å²) in [7, 11) is 0. The molecule has 228 valence electrons. The quantitative estimate of drug-likeness (QED) is 0.170. The van der Waals surface area contributed by atoms with Crippen LogP contribution in [-0.2, 0) is 30.4 Å². The molecule has 1 heterocycles. The largest absolute Gasteiger partial charge is 0.466 e. The molecular formula is C35H43N3O5. The predicted molar refractivity (Wildman–Crippen MR) is 165 cm³/mol. The van der Waals surface area contributed by atoms with Crippen LogP contribution >= 0.6 is 0 Å². The molecule has 1 atom stereocenters. The van der Waals surface area contributed by atoms with Crippen LogP contribution in [0, 0.1) is 11.3 Å². The lowest BCUT2D eigenvalue weighted by Crippen LogP contribution is -2.36. The van der Waals surface area contributed by atoms with E-state index in [0.29, 0.717) is 31.5 Å². The van der Waals surface area contributed by atoms with Crippen molar-refractivity contribution < 1.29 is 23.9 Å². The first kappa shape index (κ1) is 30.5. The van der Waals surface area contributed by atoms with Gasteiger partial charge < -0.3 is 14.8 Å². The summed E-state index contributed by atoms with van der Waals surface area (Å²) in [6.45, 7) is 3.16. The molecule has 0 spiro atoms. The van der Waals surface area contributed by atoms with E-state index in [4.69, 9.17) is 9.47 Å². The molecule has 8 heteroatoms. The van der Waals surface area contributed by atoms with Crippen molar-refractivity contribution >= 4 is 23.7 Å². The normalized spacial score (nSPS) is 18.7. The van der Waals surface area contributed by atoms with Crippen molar-refractivity contribution in [2.24, 2.45) is 16.4 Å². The number of hydrazone groups is 1. The molecule has 0 aromatic heterocycles. The van der Waals surface area contributed by atoms with E-state index in [-0.39, 0.29) is 35.7 Å². The van der Waals surface area contributed by atoms with Crippen LogP contribution in [0.1, 0.15) is 87.3 Å². The smallest absolute Gasteiger partial charge is 0.312 e. The molecule has 8 nitrogen and oxygen atoms in total. The number of hydrogen-bond acceptors (Lipinski definition) is 6. The van der Waals surface area contributed by atoms with Crippen LogP contribution in [0.15, 0.2) is 71.9 Å². The van der Waals surface area contributed by atoms with E-state index in [1.165, 1.54) is 5.01 Å². The Morgan fingerprint density at radius 1 is 1.07 bits per heavy atom. The highest BCUT2D eigenvalue weighted by Crippen LogP contribution is 2.50. The molecular weight excluding hydrogens is 542 g/mol. The van der Waals surface area contributed by atoms with Gasteiger partial charge in [-0.25, -0.2) is 5.01 Å². The first-order valence-corrected chi connectivity index (χ1v) is 15.7. The summed E-state index contributed by atoms with van der Waals surface area (Å²) >= 11 is 0. The Labute approximate surface area is 254 Å². The third kappa shape index (κ3) is 7.92. The van der Waals surface area contributed by atoms with E-state index in [9.17, 15) is 14.4 Å². The van der Waals surface area contributed by atoms with Crippen molar-refractivity contribution in [3.05, 3.63) is 83.4 Å². The molecule has 5 rings (SSSR count). The fourth-order valence-corrected chi connectivity index (χ4v) is 6.15. The summed E-state index contributed by atoms with van der Waals surface area (Å²) in [5.41, 5.74) is 2.53. The molecule has 2 saturated carbocycles. The minimum absolute atomic E-state index is 0.0424. The van der Waals surface area contributed by atoms with Crippen molar-refractivity contribution in [1.29, 1.82) is 0 Å². The molecule has 1 N–H and O–H groups in total. The van der Waals surface area contributed by atoms with Crippen LogP contribution < -0.4 is 5.32 Å². The molecule has 0 saturated heterocycles. The van der Waals surface area contributed by atoms with E-state index in [2.05, 4.69) is 22.6 Å². The Kier molecular flexibility index (Phi) is 10.3. The average Bonchev–Trinajstić information content (AvgIpc) is 3.63. The van der Waals surface area contributed by atoms with Crippen LogP contribution in [0.2, 0.25) is 0 Å². The van der Waals surface area contributed by atoms with Gasteiger partial charge in [0.05, 0.1) is 24.5 Å². The van der Waals surface area contributed by atoms with E-state index >= 15 is 0 Å². The monoisotopic (exact) mass is 585 g/mol. The molecule has 1 unspecified atom stereocenters. The lowest BCUT2D eigenvalue weighted by atomic mass is 9.83. The molecule has 0 bridgehead atoms. The second-order valence-electron chi connectivity index (χ2n) is 11.9. The van der Waals surface area contributed by atoms with Crippen LogP contribution in [0.3, 0.4) is 0 Å². The Morgan fingerprint density at radius 2 is 1.79 bits per heavy atom. The summed E-state index contributed by atoms with van der Waals surface area (Å²) in [6, 6.07) is 17.6. The van der Waals surface area contributed by atoms with Crippen LogP contribution in [0.25, 0.3) is 0 Å². The number of allylic oxidation sites excluding steroid dienone is 1. The zero-order valence-electron chi connectivity index (χ0n) is 25.1. The number of rotatable bonds is 14. The van der Waals surface area contributed by atoms with Crippen LogP contribution in [0.4, 0.5) is 0 Å². The lowest BCUT2D eigenvalue weighted by Gasteiger charge is -2.25. The van der Waals surface area contributed by atoms with Crippen LogP contribution in [0.5, 0.6) is 0 Å². The zero-order chi connectivity index (χ0) is 30.1. The Bertz CT molecular complexity index is 1310. The number of nitrogens with one attached hydrogen (secondary N) is 1. The second kappa shape index (κ2) is 14.5. The second-order valence-corrected chi connectivity index (χ2v) is 11.9. The molecule has 43 heavy (non-hydrogen) atoms. The zero-order valence-corrected chi connectivity index (χ0v) is 25.1. The summed E-state index contributed by atoms with van der Waals surface area (Å²) in [5.74, 6) is 0.417. The van der Waals surface area contributed by atoms with Gasteiger partial charge in [-0.15, -0.1) is 5.10 Å². The SMILES string of the molecule is CCOC(=O)C1(CC/C=C\CCNC(=O)C(c2ccc(CN3N=C(c4ccccc4)OCC3=O)cc2)C2CCCC2)CC1. The predicted octanol–water partition coefficient (Wildman–Crippen LogP) is 5.87. The van der Waals surface area contributed by atoms with E-state index in [1.807, 2.05) is 61.5 Å². The summed E-state index contributed by atoms with van der Waals surface area (Å²) < 4.78 is 10.8. The van der Waals surface area contributed by atoms with Gasteiger partial charge in [0.1, 0.15) is 0 Å². The Balaban J connectivity index is 1.14. The van der Waals surface area contributed by atoms with Gasteiger partial charge in [0.2, 0.25) is 11.8 Å². The molecule has 2 aromatic rings. The molecule has 2 aromatic carbocycles. The van der Waals surface area contributed by atoms with Gasteiger partial charge in [-0.05, 0) is 81.0 Å². The van der Waals surface area contributed by atoms with Crippen molar-refractivity contribution in [2.45, 2.75) is 77.2 Å². The lowest BCUT2D eigenvalue weighted by molar-refractivity contribution is -0.150. The van der Waals surface area contributed by atoms with Gasteiger partial charge >= 0.3 is 5.97 Å². The maximum Gasteiger partial charge on any atom is 0.312 e. The number of esters is 1. The third-order valence-corrected chi connectivity index (χ3v) is 8.81. The van der Waals surface area contributed by atoms with Crippen molar-refractivity contribution in [3.63, 3.8) is 0 Å². The molecule has 0 radical (unpaired) electrons. The number of nitrogens with zero attached hydrogens (tertiary/aromatic N) is 2. The van der Waals surface area contributed by atoms with Crippen LogP contribution in [-0.4, -0.2) is 48.4 Å². The highest BCUT2D eigenvalue weighted by Gasteiger charge is 2.50. The maximum atomic E-state index is 13.4. The van der Waals surface area contributed by atoms with E-state index in [0.717, 1.165) is 74.5 Å². The third-order valence-electron chi connectivity index (χ3n) is 8.81. The first-order chi connectivity index (χ1) is 21.0. The van der Waals surface area contributed by atoms with Gasteiger partial charge in [0.15, 0.2) is 6.61 Å². The Morgan fingerprint density at radius 3 is 2.49 bits per heavy atom. The highest BCUT2D eigenvalue weighted by atomic mass is 16.5. The Hall–Kier alpha value is -3.94. The van der Waals surface area contributed by atoms with Gasteiger partial charge in [-0.2, -0.15) is 0 Å². The number of hydrogen-bond donors (Lipinski definition) is 1. The fraction of sp³-hybridized carbons (Fsp3) is 0.486. The number of carbonyl (C=O) groups is 3. The number of carbonyl (C=O) groups excluding carboxylic acids is 3. The topological polar surface area (TPSA) is 97.3 Å². The number of benzene rings is 2. The minimum atomic E-state index is -0.255. The molecule has 3 aliphatic rings. The standard InChI is InChI=1S/C35H43N3O5/c1-2-42-34(41)35(21-22-35)20-10-3-4-11-23-36-32(40)31(27-12-8-9-13-27)28-18-16-26(17-19-28)24-38-30(39)25-43-33(37-38)29-14-6-5-7-15-29/h3-7,14-19,27,31H,2,8-13,20-25H2,1H3,(H,36,40)/b4-3-. The number of ether oxygens (including phenoxy) is 2. The first-order valence-electron chi connectivity index (χ1n) is 15.7. The summed E-state index contributed by atoms with van der Waals surface area (Å²) in [4.78, 5) is 38.1. The van der Waals surface area contributed by atoms with Crippen molar-refractivity contribution in [3.8, 4) is 0 Å². The van der Waals surface area contributed by atoms with Crippen molar-refractivity contribution in [2.75, 3.05) is 19.8 Å². The average molecular weight is 586 g/mol. The maximum absolute atomic E-state index is 13.4. The minimum Gasteiger partial charge on any atom is -0.466 e. The fourth-order valence-electron chi connectivity index (χ4n) is 6.15. The summed E-state index contributed by atoms with van der Waals surface area (Å²) in [6.07, 6.45) is 12.9. The number of amides is 2. The van der Waals surface area contributed by atoms with Gasteiger partial charge in [0.25, 0.3) is 5.91 Å². The molecule has 1 aliphatic heterocycles. The summed E-state index contributed by atoms with van der Waals surface area (Å²) in [5, 5.41) is 9.08. The van der Waals surface area contributed by atoms with Crippen molar-refractivity contribution in [1.82, 2.24) is 10.3 Å². The van der Waals surface area contributed by atoms with Gasteiger partial charge in [-0.3, -0.25) is 14.4 Å². The molecule has 2 aliphatic carbocycles. The molecule has 2 fully saturated rings. The van der Waals surface area contributed by atoms with E-state index in [1.54, 1.807) is 0 Å².